The molecule has 4 rings (SSSR count). The minimum absolute atomic E-state index is 0. The van der Waals surface area contributed by atoms with E-state index < -0.39 is 5.25 Å². The molecule has 1 fully saturated rings. The summed E-state index contributed by atoms with van der Waals surface area (Å²) in [5.74, 6) is 2.96. The number of carbonyl (C=O) groups excluding carboxylic acids is 2. The van der Waals surface area contributed by atoms with Gasteiger partial charge in [0.1, 0.15) is 23.0 Å². The number of benzene rings is 3. The van der Waals surface area contributed by atoms with Crippen molar-refractivity contribution in [3.8, 4) is 23.0 Å². The number of ether oxygens (including phenoxy) is 3. The maximum absolute atomic E-state index is 12.6. The molecule has 0 N–H and O–H groups in total. The molecule has 0 spiro atoms. The largest absolute Gasteiger partial charge is 0.493 e. The quantitative estimate of drug-likeness (QED) is 0.182. The highest BCUT2D eigenvalue weighted by molar-refractivity contribution is 8.14. The summed E-state index contributed by atoms with van der Waals surface area (Å²) >= 11 is 1.15. The molecular formula is C31H34O5S. The Morgan fingerprint density at radius 1 is 0.946 bits per heavy atom. The van der Waals surface area contributed by atoms with Crippen LogP contribution in [-0.4, -0.2) is 24.1 Å². The Hall–Kier alpha value is -3.51. The Labute approximate surface area is 224 Å². The van der Waals surface area contributed by atoms with Crippen molar-refractivity contribution in [3.63, 3.8) is 0 Å². The van der Waals surface area contributed by atoms with Gasteiger partial charge in [-0.3, -0.25) is 9.59 Å². The molecule has 1 aliphatic heterocycles. The third-order valence-corrected chi connectivity index (χ3v) is 7.49. The first-order valence-electron chi connectivity index (χ1n) is 12.6. The van der Waals surface area contributed by atoms with Gasteiger partial charge in [0.05, 0.1) is 18.5 Å². The summed E-state index contributed by atoms with van der Waals surface area (Å²) in [6.07, 6.45) is 4.23. The van der Waals surface area contributed by atoms with Crippen LogP contribution in [0.2, 0.25) is 0 Å². The van der Waals surface area contributed by atoms with Crippen molar-refractivity contribution in [2.45, 2.75) is 37.9 Å². The highest BCUT2D eigenvalue weighted by atomic mass is 32.2. The van der Waals surface area contributed by atoms with Crippen LogP contribution in [0.25, 0.3) is 0 Å². The molecule has 0 saturated carbocycles. The molecule has 1 heterocycles. The monoisotopic (exact) mass is 518 g/mol. The number of carbonyl (C=O) groups is 2. The average molecular weight is 519 g/mol. The second-order valence-corrected chi connectivity index (χ2v) is 10.0. The van der Waals surface area contributed by atoms with Crippen LogP contribution in [0.15, 0.2) is 85.5 Å². The first-order chi connectivity index (χ1) is 18.1. The van der Waals surface area contributed by atoms with Crippen LogP contribution >= 0.6 is 11.8 Å². The number of Topliss-reactive ketones (excluding diaryl/α,β-unsaturated/α-hetero) is 1. The van der Waals surface area contributed by atoms with E-state index in [0.29, 0.717) is 44.6 Å². The standard InChI is InChI=1S/C31H32O5S.H2/c1-3-10-23-19-27(36-25-12-6-5-7-13-25)15-16-29(23)35-18-9-17-34-26-14-8-11-24(20-26)30-28(32)21-22(4-2)31(33)37-30;/h3,5-8,11-16,19-20,22,30H,1,4,9-10,17-18,21H2,2H3;1H. The summed E-state index contributed by atoms with van der Waals surface area (Å²) in [6.45, 7) is 6.77. The van der Waals surface area contributed by atoms with Crippen molar-refractivity contribution in [2.75, 3.05) is 13.2 Å². The zero-order valence-corrected chi connectivity index (χ0v) is 21.9. The number of ketones is 1. The molecule has 3 aromatic rings. The van der Waals surface area contributed by atoms with Crippen LogP contribution in [0, 0.1) is 5.92 Å². The molecule has 2 unspecified atom stereocenters. The van der Waals surface area contributed by atoms with Crippen molar-refractivity contribution in [1.29, 1.82) is 0 Å². The fourth-order valence-electron chi connectivity index (χ4n) is 4.17. The topological polar surface area (TPSA) is 61.8 Å². The number of para-hydroxylation sites is 1. The fourth-order valence-corrected chi connectivity index (χ4v) is 5.36. The zero-order valence-electron chi connectivity index (χ0n) is 21.1. The highest BCUT2D eigenvalue weighted by Gasteiger charge is 2.35. The lowest BCUT2D eigenvalue weighted by molar-refractivity contribution is -0.125. The summed E-state index contributed by atoms with van der Waals surface area (Å²) in [5, 5.41) is -0.342. The van der Waals surface area contributed by atoms with Gasteiger partial charge in [0, 0.05) is 25.7 Å². The van der Waals surface area contributed by atoms with Crippen LogP contribution in [0.4, 0.5) is 0 Å². The van der Waals surface area contributed by atoms with Gasteiger partial charge in [-0.2, -0.15) is 0 Å². The van der Waals surface area contributed by atoms with E-state index in [1.807, 2.05) is 85.8 Å². The summed E-state index contributed by atoms with van der Waals surface area (Å²) in [6, 6.07) is 22.9. The maximum Gasteiger partial charge on any atom is 0.193 e. The second kappa shape index (κ2) is 13.2. The molecule has 37 heavy (non-hydrogen) atoms. The van der Waals surface area contributed by atoms with Crippen molar-refractivity contribution in [3.05, 3.63) is 96.6 Å². The molecule has 0 radical (unpaired) electrons. The van der Waals surface area contributed by atoms with Crippen LogP contribution in [-0.2, 0) is 16.0 Å². The molecule has 2 atom stereocenters. The first-order valence-corrected chi connectivity index (χ1v) is 13.5. The van der Waals surface area contributed by atoms with Gasteiger partial charge in [-0.1, -0.05) is 55.1 Å². The van der Waals surface area contributed by atoms with E-state index in [0.717, 1.165) is 40.1 Å². The molecule has 0 aliphatic carbocycles. The van der Waals surface area contributed by atoms with Gasteiger partial charge in [-0.05, 0) is 60.9 Å². The summed E-state index contributed by atoms with van der Waals surface area (Å²) in [7, 11) is 0. The van der Waals surface area contributed by atoms with Crippen LogP contribution in [0.5, 0.6) is 23.0 Å². The highest BCUT2D eigenvalue weighted by Crippen LogP contribution is 2.41. The Balaban J connectivity index is 0.00000400. The number of hydrogen-bond donors (Lipinski definition) is 0. The van der Waals surface area contributed by atoms with E-state index in [-0.39, 0.29) is 18.2 Å². The molecule has 5 nitrogen and oxygen atoms in total. The van der Waals surface area contributed by atoms with Crippen LogP contribution < -0.4 is 14.2 Å². The van der Waals surface area contributed by atoms with Crippen molar-refractivity contribution in [2.24, 2.45) is 5.92 Å². The van der Waals surface area contributed by atoms with E-state index in [4.69, 9.17) is 14.2 Å². The van der Waals surface area contributed by atoms with E-state index in [9.17, 15) is 9.59 Å². The van der Waals surface area contributed by atoms with Gasteiger partial charge >= 0.3 is 0 Å². The first kappa shape index (κ1) is 26.6. The Bertz CT molecular complexity index is 1230. The minimum Gasteiger partial charge on any atom is -0.493 e. The second-order valence-electron chi connectivity index (χ2n) is 8.89. The average Bonchev–Trinajstić information content (AvgIpc) is 2.91. The lowest BCUT2D eigenvalue weighted by atomic mass is 9.96. The molecule has 0 amide bonds. The van der Waals surface area contributed by atoms with Gasteiger partial charge in [0.15, 0.2) is 10.9 Å². The molecule has 194 valence electrons. The van der Waals surface area contributed by atoms with E-state index >= 15 is 0 Å². The lowest BCUT2D eigenvalue weighted by Gasteiger charge is -2.25. The number of allylic oxidation sites excluding steroid dienone is 1. The third kappa shape index (κ3) is 7.26. The molecule has 6 heteroatoms. The molecule has 0 bridgehead atoms. The molecule has 3 aromatic carbocycles. The zero-order chi connectivity index (χ0) is 26.0. The number of thioether (sulfide) groups is 1. The minimum atomic E-state index is -0.445. The molecule has 0 aromatic heterocycles. The Kier molecular flexibility index (Phi) is 9.44. The van der Waals surface area contributed by atoms with Gasteiger partial charge in [0.2, 0.25) is 0 Å². The summed E-state index contributed by atoms with van der Waals surface area (Å²) in [5.41, 5.74) is 1.82. The number of hydrogen-bond acceptors (Lipinski definition) is 6. The fraction of sp³-hybridized carbons (Fsp3) is 0.290. The van der Waals surface area contributed by atoms with Crippen LogP contribution in [0.1, 0.15) is 44.0 Å². The van der Waals surface area contributed by atoms with Gasteiger partial charge in [-0.15, -0.1) is 6.58 Å². The molecule has 1 aliphatic rings. The third-order valence-electron chi connectivity index (χ3n) is 6.15. The van der Waals surface area contributed by atoms with Crippen molar-refractivity contribution >= 4 is 22.7 Å². The SMILES string of the molecule is C=CCc1cc(Oc2ccccc2)ccc1OCCCOc1cccc(C2SC(=O)C(CC)CC2=O)c1.[HH]. The molecular weight excluding hydrogens is 484 g/mol. The lowest BCUT2D eigenvalue weighted by Crippen LogP contribution is -2.26. The molecule has 1 saturated heterocycles. The van der Waals surface area contributed by atoms with Crippen LogP contribution in [0.3, 0.4) is 0 Å². The van der Waals surface area contributed by atoms with Gasteiger partial charge in [0.25, 0.3) is 0 Å². The summed E-state index contributed by atoms with van der Waals surface area (Å²) in [4.78, 5) is 24.9. The smallest absolute Gasteiger partial charge is 0.193 e. The van der Waals surface area contributed by atoms with E-state index in [1.54, 1.807) is 0 Å². The predicted octanol–water partition coefficient (Wildman–Crippen LogP) is 7.60. The van der Waals surface area contributed by atoms with E-state index in [2.05, 4.69) is 6.58 Å². The Morgan fingerprint density at radius 2 is 1.73 bits per heavy atom. The van der Waals surface area contributed by atoms with Gasteiger partial charge < -0.3 is 14.2 Å². The maximum atomic E-state index is 12.6. The van der Waals surface area contributed by atoms with E-state index in [1.165, 1.54) is 0 Å². The normalized spacial score (nSPS) is 17.3. The van der Waals surface area contributed by atoms with Crippen molar-refractivity contribution in [1.82, 2.24) is 0 Å². The summed E-state index contributed by atoms with van der Waals surface area (Å²) < 4.78 is 17.9. The Morgan fingerprint density at radius 3 is 2.51 bits per heavy atom. The number of rotatable bonds is 12. The van der Waals surface area contributed by atoms with Crippen molar-refractivity contribution < 1.29 is 25.2 Å². The predicted molar refractivity (Wildman–Crippen MR) is 150 cm³/mol. The van der Waals surface area contributed by atoms with Gasteiger partial charge in [-0.25, -0.2) is 0 Å².